The van der Waals surface area contributed by atoms with E-state index in [0.717, 1.165) is 0 Å². The molecule has 2 N–H and O–H groups in total. The molecular weight excluding hydrogens is 694 g/mol. The Bertz CT molecular complexity index is 1630. The normalized spacial score (nSPS) is 12.3. The zero-order chi connectivity index (χ0) is 29.2. The van der Waals surface area contributed by atoms with Crippen LogP contribution in [0.25, 0.3) is 0 Å². The van der Waals surface area contributed by atoms with Gasteiger partial charge in [-0.3, -0.25) is 9.59 Å². The quantitative estimate of drug-likeness (QED) is 0.183. The maximum absolute atomic E-state index is 16.4. The number of rotatable bonds is 4. The summed E-state index contributed by atoms with van der Waals surface area (Å²) in [6.07, 6.45) is 0. The standard InChI is InChI=1S/C26H8Cl8F2N2O2/c27-9-5-10(28)16(32)21(15(9)31)37-23-19(35)13-14(26(40)8-4-2-1-3-7(8)25(13)39)20(36)24(23)38-22-17(33)11(29)6-12(30)18(22)34/h1-6,37-38H. The molecule has 4 nitrogen and oxygen atoms in total. The Morgan fingerprint density at radius 2 is 0.800 bits per heavy atom. The van der Waals surface area contributed by atoms with Crippen LogP contribution in [0.1, 0.15) is 31.8 Å². The summed E-state index contributed by atoms with van der Waals surface area (Å²) in [5, 5.41) is 4.07. The third-order valence-electron chi connectivity index (χ3n) is 5.97. The second kappa shape index (κ2) is 11.0. The molecule has 0 saturated carbocycles. The van der Waals surface area contributed by atoms with Crippen molar-refractivity contribution in [3.8, 4) is 0 Å². The van der Waals surface area contributed by atoms with Crippen LogP contribution in [0.3, 0.4) is 0 Å². The summed E-state index contributed by atoms with van der Waals surface area (Å²) in [7, 11) is 0. The van der Waals surface area contributed by atoms with Crippen molar-refractivity contribution >= 4 is 127 Å². The van der Waals surface area contributed by atoms with Gasteiger partial charge in [0.25, 0.3) is 0 Å². The van der Waals surface area contributed by atoms with E-state index in [-0.39, 0.29) is 62.7 Å². The molecule has 0 saturated heterocycles. The van der Waals surface area contributed by atoms with Crippen molar-refractivity contribution < 1.29 is 18.4 Å². The lowest BCUT2D eigenvalue weighted by molar-refractivity contribution is 0.0972. The van der Waals surface area contributed by atoms with E-state index >= 15 is 8.78 Å². The van der Waals surface area contributed by atoms with E-state index in [9.17, 15) is 9.59 Å². The van der Waals surface area contributed by atoms with E-state index in [0.29, 0.717) is 0 Å². The molecule has 4 aromatic rings. The minimum atomic E-state index is -1.32. The summed E-state index contributed by atoms with van der Waals surface area (Å²) in [5.74, 6) is -4.51. The van der Waals surface area contributed by atoms with E-state index in [1.807, 2.05) is 0 Å². The smallest absolute Gasteiger partial charge is 0.197 e. The lowest BCUT2D eigenvalue weighted by atomic mass is 9.82. The third-order valence-corrected chi connectivity index (χ3v) is 9.12. The molecule has 204 valence electrons. The molecule has 5 rings (SSSR count). The van der Waals surface area contributed by atoms with Crippen LogP contribution in [0.2, 0.25) is 40.2 Å². The van der Waals surface area contributed by atoms with Gasteiger partial charge in [-0.15, -0.1) is 0 Å². The SMILES string of the molecule is O=C1c2ccccc2C(=O)c2c(F)c(Nc3c(Cl)c(Cl)cc(Cl)c3Cl)c(Nc3c(Cl)c(Cl)cc(Cl)c3Cl)c(F)c21. The highest BCUT2D eigenvalue weighted by atomic mass is 35.5. The van der Waals surface area contributed by atoms with Gasteiger partial charge in [-0.25, -0.2) is 8.78 Å². The highest BCUT2D eigenvalue weighted by molar-refractivity contribution is 6.51. The number of hydrogen-bond donors (Lipinski definition) is 2. The molecule has 40 heavy (non-hydrogen) atoms. The van der Waals surface area contributed by atoms with Gasteiger partial charge >= 0.3 is 0 Å². The summed E-state index contributed by atoms with van der Waals surface area (Å²) in [5.41, 5.74) is -3.73. The van der Waals surface area contributed by atoms with E-state index < -0.39 is 45.7 Å². The molecule has 0 atom stereocenters. The molecule has 0 radical (unpaired) electrons. The number of anilines is 4. The fraction of sp³-hybridized carbons (Fsp3) is 0. The summed E-state index contributed by atoms with van der Waals surface area (Å²) >= 11 is 49.7. The average Bonchev–Trinajstić information content (AvgIpc) is 2.92. The number of benzene rings is 4. The Balaban J connectivity index is 1.85. The maximum Gasteiger partial charge on any atom is 0.197 e. The molecule has 1 aliphatic carbocycles. The highest BCUT2D eigenvalue weighted by Gasteiger charge is 2.39. The number of ketones is 2. The predicted molar refractivity (Wildman–Crippen MR) is 159 cm³/mol. The van der Waals surface area contributed by atoms with Crippen LogP contribution in [-0.4, -0.2) is 11.6 Å². The fourth-order valence-electron chi connectivity index (χ4n) is 4.11. The molecule has 0 unspecified atom stereocenters. The van der Waals surface area contributed by atoms with E-state index in [2.05, 4.69) is 10.6 Å². The van der Waals surface area contributed by atoms with Gasteiger partial charge in [0, 0.05) is 11.1 Å². The molecular formula is C26H8Cl8F2N2O2. The Labute approximate surface area is 265 Å². The van der Waals surface area contributed by atoms with Gasteiger partial charge in [0.1, 0.15) is 11.4 Å². The molecule has 0 spiro atoms. The van der Waals surface area contributed by atoms with Crippen molar-refractivity contribution in [3.05, 3.63) is 110 Å². The van der Waals surface area contributed by atoms with Gasteiger partial charge in [-0.05, 0) is 12.1 Å². The number of fused-ring (bicyclic) bond motifs is 2. The Morgan fingerprint density at radius 1 is 0.500 bits per heavy atom. The third kappa shape index (κ3) is 4.69. The highest BCUT2D eigenvalue weighted by Crippen LogP contribution is 2.49. The summed E-state index contributed by atoms with van der Waals surface area (Å²) < 4.78 is 32.8. The van der Waals surface area contributed by atoms with Crippen molar-refractivity contribution in [3.63, 3.8) is 0 Å². The molecule has 0 amide bonds. The topological polar surface area (TPSA) is 58.2 Å². The van der Waals surface area contributed by atoms with Crippen LogP contribution >= 0.6 is 92.8 Å². The van der Waals surface area contributed by atoms with Gasteiger partial charge in [0.15, 0.2) is 23.2 Å². The molecule has 0 aliphatic heterocycles. The number of halogens is 10. The Morgan fingerprint density at radius 3 is 1.10 bits per heavy atom. The first kappa shape index (κ1) is 29.5. The Hall–Kier alpha value is -2.00. The summed E-state index contributed by atoms with van der Waals surface area (Å²) in [4.78, 5) is 26.7. The molecule has 0 bridgehead atoms. The van der Waals surface area contributed by atoms with Crippen molar-refractivity contribution in [2.75, 3.05) is 10.6 Å². The number of carbonyl (C=O) groups excluding carboxylic acids is 2. The zero-order valence-electron chi connectivity index (χ0n) is 19.1. The Kier molecular flexibility index (Phi) is 8.12. The van der Waals surface area contributed by atoms with Crippen molar-refractivity contribution in [2.45, 2.75) is 0 Å². The monoisotopic (exact) mass is 698 g/mol. The first-order valence-corrected chi connectivity index (χ1v) is 13.8. The first-order chi connectivity index (χ1) is 18.8. The lowest BCUT2D eigenvalue weighted by Crippen LogP contribution is -2.25. The first-order valence-electron chi connectivity index (χ1n) is 10.8. The molecule has 0 fully saturated rings. The van der Waals surface area contributed by atoms with E-state index in [1.54, 1.807) is 0 Å². The van der Waals surface area contributed by atoms with Crippen LogP contribution in [0.15, 0.2) is 36.4 Å². The predicted octanol–water partition coefficient (Wildman–Crippen LogP) is 11.5. The number of nitrogens with one attached hydrogen (secondary N) is 2. The maximum atomic E-state index is 16.4. The molecule has 0 heterocycles. The van der Waals surface area contributed by atoms with E-state index in [1.165, 1.54) is 36.4 Å². The molecule has 0 aromatic heterocycles. The zero-order valence-corrected chi connectivity index (χ0v) is 25.1. The van der Waals surface area contributed by atoms with Crippen LogP contribution < -0.4 is 10.6 Å². The second-order valence-corrected chi connectivity index (χ2v) is 11.4. The summed E-state index contributed by atoms with van der Waals surface area (Å²) in [6, 6.07) is 8.11. The molecule has 4 aromatic carbocycles. The van der Waals surface area contributed by atoms with Crippen LogP contribution in [-0.2, 0) is 0 Å². The van der Waals surface area contributed by atoms with E-state index in [4.69, 9.17) is 92.8 Å². The van der Waals surface area contributed by atoms with Crippen molar-refractivity contribution in [2.24, 2.45) is 0 Å². The van der Waals surface area contributed by atoms with Crippen molar-refractivity contribution in [1.82, 2.24) is 0 Å². The molecule has 1 aliphatic rings. The molecule has 14 heteroatoms. The lowest BCUT2D eigenvalue weighted by Gasteiger charge is -2.25. The van der Waals surface area contributed by atoms with Crippen molar-refractivity contribution in [1.29, 1.82) is 0 Å². The van der Waals surface area contributed by atoms with Gasteiger partial charge in [0.05, 0.1) is 62.7 Å². The fourth-order valence-corrected chi connectivity index (χ4v) is 5.92. The minimum absolute atomic E-state index is 0.0696. The van der Waals surface area contributed by atoms with Crippen LogP contribution in [0.4, 0.5) is 31.5 Å². The number of carbonyl (C=O) groups is 2. The van der Waals surface area contributed by atoms with Gasteiger partial charge in [0.2, 0.25) is 0 Å². The summed E-state index contributed by atoms with van der Waals surface area (Å²) in [6.45, 7) is 0. The minimum Gasteiger partial charge on any atom is -0.349 e. The average molecular weight is 702 g/mol. The van der Waals surface area contributed by atoms with Gasteiger partial charge < -0.3 is 10.6 Å². The second-order valence-electron chi connectivity index (χ2n) is 8.27. The largest absolute Gasteiger partial charge is 0.349 e. The van der Waals surface area contributed by atoms with Gasteiger partial charge in [-0.2, -0.15) is 0 Å². The van der Waals surface area contributed by atoms with Crippen LogP contribution in [0, 0.1) is 11.6 Å². The van der Waals surface area contributed by atoms with Crippen LogP contribution in [0.5, 0.6) is 0 Å². The number of hydrogen-bond acceptors (Lipinski definition) is 4. The van der Waals surface area contributed by atoms with Gasteiger partial charge in [-0.1, -0.05) is 117 Å².